The Hall–Kier alpha value is -8.07. The maximum Gasteiger partial charge on any atom is 0.235 e. The lowest BCUT2D eigenvalue weighted by Gasteiger charge is -2.15. The van der Waals surface area contributed by atoms with E-state index < -0.39 is 0 Å². The van der Waals surface area contributed by atoms with Crippen molar-refractivity contribution < 1.29 is 0 Å². The van der Waals surface area contributed by atoms with Crippen LogP contribution in [0.3, 0.4) is 0 Å². The summed E-state index contributed by atoms with van der Waals surface area (Å²) in [5.41, 5.74) is 13.2. The third-order valence-electron chi connectivity index (χ3n) is 11.2. The van der Waals surface area contributed by atoms with E-state index in [2.05, 4.69) is 155 Å². The molecule has 11 rings (SSSR count). The van der Waals surface area contributed by atoms with Gasteiger partial charge < -0.3 is 4.57 Å². The minimum Gasteiger partial charge on any atom is -0.307 e. The van der Waals surface area contributed by atoms with E-state index in [1.807, 2.05) is 60.7 Å². The van der Waals surface area contributed by atoms with E-state index in [0.717, 1.165) is 71.6 Å². The van der Waals surface area contributed by atoms with Gasteiger partial charge in [-0.15, -0.1) is 0 Å². The first-order valence-electron chi connectivity index (χ1n) is 19.4. The minimum atomic E-state index is 0.439. The average Bonchev–Trinajstić information content (AvgIpc) is 3.83. The van der Waals surface area contributed by atoms with Crippen molar-refractivity contribution in [2.75, 3.05) is 0 Å². The Morgan fingerprint density at radius 2 is 0.793 bits per heavy atom. The summed E-state index contributed by atoms with van der Waals surface area (Å²) in [6.07, 6.45) is 0. The first-order chi connectivity index (χ1) is 28.7. The van der Waals surface area contributed by atoms with Gasteiger partial charge in [0.15, 0.2) is 0 Å². The highest BCUT2D eigenvalue weighted by atomic mass is 15.2. The molecule has 0 aliphatic heterocycles. The molecule has 0 amide bonds. The summed E-state index contributed by atoms with van der Waals surface area (Å²) in [6.45, 7) is 0. The fourth-order valence-electron chi connectivity index (χ4n) is 8.57. The second-order valence-corrected chi connectivity index (χ2v) is 14.5. The fourth-order valence-corrected chi connectivity index (χ4v) is 8.57. The van der Waals surface area contributed by atoms with Crippen LogP contribution in [0.5, 0.6) is 0 Å². The van der Waals surface area contributed by atoms with Crippen LogP contribution in [0.1, 0.15) is 5.56 Å². The van der Waals surface area contributed by atoms with Gasteiger partial charge in [0.1, 0.15) is 11.6 Å². The largest absolute Gasteiger partial charge is 0.307 e. The Labute approximate surface area is 335 Å². The van der Waals surface area contributed by atoms with E-state index in [1.165, 1.54) is 11.1 Å². The Morgan fingerprint density at radius 1 is 0.362 bits per heavy atom. The Kier molecular flexibility index (Phi) is 7.80. The summed E-state index contributed by atoms with van der Waals surface area (Å²) in [7, 11) is 0. The number of hydrogen-bond donors (Lipinski definition) is 0. The van der Waals surface area contributed by atoms with Crippen LogP contribution in [0.15, 0.2) is 200 Å². The van der Waals surface area contributed by atoms with Crippen molar-refractivity contribution in [3.63, 3.8) is 0 Å². The molecule has 0 unspecified atom stereocenters. The van der Waals surface area contributed by atoms with E-state index in [9.17, 15) is 5.26 Å². The number of hydrogen-bond acceptors (Lipinski definition) is 3. The fraction of sp³-hybridized carbons (Fsp3) is 0. The third-order valence-corrected chi connectivity index (χ3v) is 11.2. The number of para-hydroxylation sites is 2. The zero-order valence-corrected chi connectivity index (χ0v) is 31.3. The van der Waals surface area contributed by atoms with Crippen LogP contribution in [-0.4, -0.2) is 19.1 Å². The SMILES string of the molecule is N#Cc1c(-c2ccccc2)nc(-n2c3ccccc3c3ccc4c5ccccc5n(-c5cccc(-c6cccc(-c7ccccc7)c6)c5)c4c32)nc1-c1ccccc1. The molecule has 8 aromatic carbocycles. The van der Waals surface area contributed by atoms with Crippen molar-refractivity contribution in [3.05, 3.63) is 206 Å². The van der Waals surface area contributed by atoms with E-state index >= 15 is 0 Å². The van der Waals surface area contributed by atoms with Gasteiger partial charge in [0.05, 0.1) is 33.5 Å². The monoisotopic (exact) mass is 739 g/mol. The molecular weight excluding hydrogens is 707 g/mol. The number of benzene rings is 8. The van der Waals surface area contributed by atoms with Crippen LogP contribution >= 0.6 is 0 Å². The van der Waals surface area contributed by atoms with Gasteiger partial charge >= 0.3 is 0 Å². The Bertz CT molecular complexity index is 3330. The first-order valence-corrected chi connectivity index (χ1v) is 19.4. The van der Waals surface area contributed by atoms with Crippen LogP contribution in [0.2, 0.25) is 0 Å². The maximum atomic E-state index is 10.7. The second-order valence-electron chi connectivity index (χ2n) is 14.5. The number of rotatable bonds is 6. The van der Waals surface area contributed by atoms with Crippen molar-refractivity contribution in [2.24, 2.45) is 0 Å². The minimum absolute atomic E-state index is 0.439. The smallest absolute Gasteiger partial charge is 0.235 e. The highest BCUT2D eigenvalue weighted by molar-refractivity contribution is 6.23. The lowest BCUT2D eigenvalue weighted by molar-refractivity contribution is 0.991. The number of nitriles is 1. The van der Waals surface area contributed by atoms with Crippen LogP contribution in [0, 0.1) is 11.3 Å². The van der Waals surface area contributed by atoms with Gasteiger partial charge in [-0.3, -0.25) is 4.57 Å². The van der Waals surface area contributed by atoms with E-state index in [1.54, 1.807) is 0 Å². The molecule has 0 aliphatic rings. The topological polar surface area (TPSA) is 59.4 Å². The van der Waals surface area contributed by atoms with Gasteiger partial charge in [-0.25, -0.2) is 9.97 Å². The Balaban J connectivity index is 1.24. The van der Waals surface area contributed by atoms with Gasteiger partial charge in [0.2, 0.25) is 5.95 Å². The average molecular weight is 740 g/mol. The van der Waals surface area contributed by atoms with Gasteiger partial charge in [-0.1, -0.05) is 170 Å². The summed E-state index contributed by atoms with van der Waals surface area (Å²) in [6, 6.07) is 72.1. The molecule has 0 atom stereocenters. The number of nitrogens with zero attached hydrogens (tertiary/aromatic N) is 5. The predicted molar refractivity (Wildman–Crippen MR) is 237 cm³/mol. The molecule has 0 saturated heterocycles. The Morgan fingerprint density at radius 3 is 1.36 bits per heavy atom. The molecule has 11 aromatic rings. The lowest BCUT2D eigenvalue weighted by Crippen LogP contribution is -2.07. The van der Waals surface area contributed by atoms with Crippen molar-refractivity contribution in [3.8, 4) is 62.5 Å². The van der Waals surface area contributed by atoms with Crippen LogP contribution in [0.25, 0.3) is 100 Å². The number of fused-ring (bicyclic) bond motifs is 7. The molecule has 0 aliphatic carbocycles. The molecule has 0 N–H and O–H groups in total. The molecule has 0 bridgehead atoms. The van der Waals surface area contributed by atoms with Crippen LogP contribution in [-0.2, 0) is 0 Å². The normalized spacial score (nSPS) is 11.4. The summed E-state index contributed by atoms with van der Waals surface area (Å²) in [4.78, 5) is 10.6. The van der Waals surface area contributed by atoms with Crippen molar-refractivity contribution in [1.82, 2.24) is 19.1 Å². The first kappa shape index (κ1) is 33.3. The zero-order chi connectivity index (χ0) is 38.6. The maximum absolute atomic E-state index is 10.7. The standard InChI is InChI=1S/C53H33N5/c54-34-46-49(36-18-6-2-7-19-36)55-53(56-50(46)37-20-8-3-9-21-37)58-48-29-13-11-27-43(48)45-31-30-44-42-26-10-12-28-47(42)57(51(44)52(45)58)41-25-15-24-40(33-41)39-23-14-22-38(32-39)35-16-4-1-5-17-35/h1-33H. The molecule has 5 heteroatoms. The highest BCUT2D eigenvalue weighted by Gasteiger charge is 2.25. The van der Waals surface area contributed by atoms with Gasteiger partial charge in [0, 0.05) is 38.4 Å². The molecular formula is C53H33N5. The van der Waals surface area contributed by atoms with E-state index in [0.29, 0.717) is 22.9 Å². The molecule has 5 nitrogen and oxygen atoms in total. The van der Waals surface area contributed by atoms with E-state index in [4.69, 9.17) is 9.97 Å². The second kappa shape index (κ2) is 13.6. The summed E-state index contributed by atoms with van der Waals surface area (Å²) in [5.74, 6) is 0.499. The van der Waals surface area contributed by atoms with Crippen molar-refractivity contribution in [2.45, 2.75) is 0 Å². The molecule has 0 fully saturated rings. The summed E-state index contributed by atoms with van der Waals surface area (Å²) >= 11 is 0. The van der Waals surface area contributed by atoms with Gasteiger partial charge in [-0.05, 0) is 52.6 Å². The molecule has 0 saturated carbocycles. The van der Waals surface area contributed by atoms with E-state index in [-0.39, 0.29) is 0 Å². The van der Waals surface area contributed by atoms with Crippen molar-refractivity contribution in [1.29, 1.82) is 5.26 Å². The lowest BCUT2D eigenvalue weighted by atomic mass is 9.99. The quantitative estimate of drug-likeness (QED) is 0.171. The molecule has 58 heavy (non-hydrogen) atoms. The molecule has 3 heterocycles. The molecule has 270 valence electrons. The van der Waals surface area contributed by atoms with Crippen LogP contribution in [0.4, 0.5) is 0 Å². The van der Waals surface area contributed by atoms with Gasteiger partial charge in [-0.2, -0.15) is 5.26 Å². The van der Waals surface area contributed by atoms with Crippen molar-refractivity contribution >= 4 is 43.6 Å². The zero-order valence-electron chi connectivity index (χ0n) is 31.3. The highest BCUT2D eigenvalue weighted by Crippen LogP contribution is 2.42. The van der Waals surface area contributed by atoms with Crippen LogP contribution < -0.4 is 0 Å². The molecule has 0 spiro atoms. The molecule has 0 radical (unpaired) electrons. The predicted octanol–water partition coefficient (Wildman–Crippen LogP) is 13.2. The third kappa shape index (κ3) is 5.31. The van der Waals surface area contributed by atoms with Gasteiger partial charge in [0.25, 0.3) is 0 Å². The summed E-state index contributed by atoms with van der Waals surface area (Å²) in [5, 5.41) is 15.2. The number of aromatic nitrogens is 4. The summed E-state index contributed by atoms with van der Waals surface area (Å²) < 4.78 is 4.60. The molecule has 3 aromatic heterocycles.